The van der Waals surface area contributed by atoms with E-state index < -0.39 is 15.8 Å². The number of para-hydroxylation sites is 1. The lowest BCUT2D eigenvalue weighted by molar-refractivity contribution is 0.381. The molecule has 3 heterocycles. The molecule has 30 heavy (non-hydrogen) atoms. The Hall–Kier alpha value is -3.11. The van der Waals surface area contributed by atoms with Gasteiger partial charge >= 0.3 is 0 Å². The van der Waals surface area contributed by atoms with Crippen molar-refractivity contribution in [1.82, 2.24) is 23.9 Å². The summed E-state index contributed by atoms with van der Waals surface area (Å²) in [5.74, 6) is 0.702. The molecule has 2 aromatic carbocycles. The van der Waals surface area contributed by atoms with Crippen molar-refractivity contribution in [2.75, 3.05) is 31.1 Å². The van der Waals surface area contributed by atoms with Gasteiger partial charge in [0.25, 0.3) is 0 Å². The van der Waals surface area contributed by atoms with Crippen LogP contribution < -0.4 is 4.90 Å². The number of fused-ring (bicyclic) bond motifs is 3. The van der Waals surface area contributed by atoms with E-state index >= 15 is 0 Å². The van der Waals surface area contributed by atoms with E-state index in [2.05, 4.69) is 10.1 Å². The molecule has 0 spiro atoms. The molecule has 0 saturated carbocycles. The molecule has 1 aliphatic rings. The molecule has 10 heteroatoms. The topological polar surface area (TPSA) is 83.7 Å². The Morgan fingerprint density at radius 3 is 2.50 bits per heavy atom. The maximum Gasteiger partial charge on any atom is 0.243 e. The average Bonchev–Trinajstić information content (AvgIpc) is 3.15. The molecule has 154 valence electrons. The lowest BCUT2D eigenvalue weighted by Gasteiger charge is -2.34. The zero-order valence-corrected chi connectivity index (χ0v) is 17.0. The van der Waals surface area contributed by atoms with Crippen molar-refractivity contribution in [2.45, 2.75) is 11.8 Å². The summed E-state index contributed by atoms with van der Waals surface area (Å²) >= 11 is 0. The number of nitrogens with zero attached hydrogens (tertiary/aromatic N) is 6. The third-order valence-electron chi connectivity index (χ3n) is 5.22. The zero-order chi connectivity index (χ0) is 20.9. The molecule has 1 saturated heterocycles. The summed E-state index contributed by atoms with van der Waals surface area (Å²) in [4.78, 5) is 11.3. The minimum absolute atomic E-state index is 0.0333. The Morgan fingerprint density at radius 2 is 1.73 bits per heavy atom. The second-order valence-corrected chi connectivity index (χ2v) is 9.11. The van der Waals surface area contributed by atoms with Gasteiger partial charge in [-0.15, -0.1) is 5.10 Å². The second-order valence-electron chi connectivity index (χ2n) is 7.17. The number of anilines is 1. The van der Waals surface area contributed by atoms with Gasteiger partial charge in [0.2, 0.25) is 16.0 Å². The van der Waals surface area contributed by atoms with Gasteiger partial charge in [0.05, 0.1) is 10.4 Å². The lowest BCUT2D eigenvalue weighted by atomic mass is 10.2. The summed E-state index contributed by atoms with van der Waals surface area (Å²) in [6.07, 6.45) is 0. The number of piperazine rings is 1. The Morgan fingerprint density at radius 1 is 0.967 bits per heavy atom. The van der Waals surface area contributed by atoms with Gasteiger partial charge in [-0.1, -0.05) is 18.2 Å². The summed E-state index contributed by atoms with van der Waals surface area (Å²) in [6, 6.07) is 12.8. The fourth-order valence-corrected chi connectivity index (χ4v) is 5.21. The Kier molecular flexibility index (Phi) is 4.40. The van der Waals surface area contributed by atoms with E-state index in [0.717, 1.165) is 22.6 Å². The van der Waals surface area contributed by atoms with Crippen LogP contribution in [0, 0.1) is 12.7 Å². The Balaban J connectivity index is 1.46. The fraction of sp³-hybridized carbons (Fsp3) is 0.250. The van der Waals surface area contributed by atoms with Gasteiger partial charge in [0.15, 0.2) is 5.65 Å². The lowest BCUT2D eigenvalue weighted by Crippen LogP contribution is -2.49. The average molecular weight is 426 g/mol. The molecule has 0 atom stereocenters. The monoisotopic (exact) mass is 426 g/mol. The van der Waals surface area contributed by atoms with E-state index in [4.69, 9.17) is 4.98 Å². The number of aryl methyl sites for hydroxylation is 1. The van der Waals surface area contributed by atoms with Crippen LogP contribution in [0.15, 0.2) is 53.4 Å². The highest BCUT2D eigenvalue weighted by Gasteiger charge is 2.30. The number of halogens is 1. The first-order chi connectivity index (χ1) is 14.4. The molecule has 1 fully saturated rings. The number of aromatic nitrogens is 4. The van der Waals surface area contributed by atoms with Crippen LogP contribution in [-0.4, -0.2) is 58.5 Å². The summed E-state index contributed by atoms with van der Waals surface area (Å²) in [5.41, 5.74) is 1.53. The Bertz CT molecular complexity index is 1360. The molecule has 5 rings (SSSR count). The largest absolute Gasteiger partial charge is 0.338 e. The van der Waals surface area contributed by atoms with E-state index in [-0.39, 0.29) is 18.0 Å². The van der Waals surface area contributed by atoms with Crippen molar-refractivity contribution in [3.63, 3.8) is 0 Å². The number of rotatable bonds is 3. The first-order valence-electron chi connectivity index (χ1n) is 9.56. The molecule has 1 aliphatic heterocycles. The highest BCUT2D eigenvalue weighted by atomic mass is 32.2. The second kappa shape index (κ2) is 6.99. The van der Waals surface area contributed by atoms with Crippen molar-refractivity contribution in [1.29, 1.82) is 0 Å². The summed E-state index contributed by atoms with van der Waals surface area (Å²) in [6.45, 7) is 3.24. The molecule has 2 aromatic heterocycles. The third kappa shape index (κ3) is 3.08. The molecule has 0 radical (unpaired) electrons. The van der Waals surface area contributed by atoms with Gasteiger partial charge in [0.1, 0.15) is 11.6 Å². The van der Waals surface area contributed by atoms with Gasteiger partial charge in [-0.2, -0.15) is 8.82 Å². The summed E-state index contributed by atoms with van der Waals surface area (Å²) in [7, 11) is -3.75. The molecule has 0 amide bonds. The number of hydrogen-bond acceptors (Lipinski definition) is 6. The molecule has 8 nitrogen and oxygen atoms in total. The highest BCUT2D eigenvalue weighted by Crippen LogP contribution is 2.25. The molecule has 0 unspecified atom stereocenters. The molecule has 0 aliphatic carbocycles. The van der Waals surface area contributed by atoms with Gasteiger partial charge in [-0.05, 0) is 37.3 Å². The first-order valence-corrected chi connectivity index (χ1v) is 11.0. The fourth-order valence-electron chi connectivity index (χ4n) is 3.75. The van der Waals surface area contributed by atoms with Crippen molar-refractivity contribution in [2.24, 2.45) is 0 Å². The normalized spacial score (nSPS) is 15.9. The SMILES string of the molecule is Cc1nc2c3ccccc3nc(N3CCN(S(=O)(=O)c4cccc(F)c4)CC3)n2n1. The molecular weight excluding hydrogens is 407 g/mol. The van der Waals surface area contributed by atoms with Crippen molar-refractivity contribution in [3.8, 4) is 0 Å². The van der Waals surface area contributed by atoms with Crippen LogP contribution in [0.4, 0.5) is 10.3 Å². The number of sulfonamides is 1. The van der Waals surface area contributed by atoms with Crippen LogP contribution in [0.25, 0.3) is 16.6 Å². The predicted octanol–water partition coefficient (Wildman–Crippen LogP) is 2.24. The Labute approximate surface area is 172 Å². The minimum Gasteiger partial charge on any atom is -0.338 e. The molecule has 0 bridgehead atoms. The zero-order valence-electron chi connectivity index (χ0n) is 16.2. The summed E-state index contributed by atoms with van der Waals surface area (Å²) in [5, 5.41) is 5.40. The van der Waals surface area contributed by atoms with Crippen molar-refractivity contribution < 1.29 is 12.8 Å². The van der Waals surface area contributed by atoms with Crippen LogP contribution in [0.5, 0.6) is 0 Å². The van der Waals surface area contributed by atoms with E-state index in [1.807, 2.05) is 36.1 Å². The van der Waals surface area contributed by atoms with E-state index in [1.54, 1.807) is 4.52 Å². The minimum atomic E-state index is -3.75. The van der Waals surface area contributed by atoms with Crippen LogP contribution in [0.1, 0.15) is 5.82 Å². The smallest absolute Gasteiger partial charge is 0.243 e. The standard InChI is InChI=1S/C20H19FN6O2S/c1-14-22-19-17-7-2-3-8-18(17)23-20(27(19)24-14)25-9-11-26(12-10-25)30(28,29)16-6-4-5-15(21)13-16/h2-8,13H,9-12H2,1H3. The van der Waals surface area contributed by atoms with Gasteiger partial charge in [-0.25, -0.2) is 22.8 Å². The van der Waals surface area contributed by atoms with Gasteiger partial charge in [0, 0.05) is 31.6 Å². The van der Waals surface area contributed by atoms with Crippen molar-refractivity contribution in [3.05, 3.63) is 60.2 Å². The highest BCUT2D eigenvalue weighted by molar-refractivity contribution is 7.89. The van der Waals surface area contributed by atoms with Crippen molar-refractivity contribution >= 4 is 32.5 Å². The molecule has 0 N–H and O–H groups in total. The number of hydrogen-bond donors (Lipinski definition) is 0. The van der Waals surface area contributed by atoms with Gasteiger partial charge in [-0.3, -0.25) is 0 Å². The summed E-state index contributed by atoms with van der Waals surface area (Å²) < 4.78 is 42.3. The predicted molar refractivity (Wildman–Crippen MR) is 110 cm³/mol. The van der Waals surface area contributed by atoms with Crippen LogP contribution in [0.2, 0.25) is 0 Å². The van der Waals surface area contributed by atoms with Crippen LogP contribution in [0.3, 0.4) is 0 Å². The van der Waals surface area contributed by atoms with Crippen LogP contribution in [-0.2, 0) is 10.0 Å². The first kappa shape index (κ1) is 18.9. The molecular formula is C20H19FN6O2S. The molecule has 4 aromatic rings. The third-order valence-corrected chi connectivity index (χ3v) is 7.12. The van der Waals surface area contributed by atoms with Gasteiger partial charge < -0.3 is 4.90 Å². The van der Waals surface area contributed by atoms with E-state index in [1.165, 1.54) is 22.5 Å². The van der Waals surface area contributed by atoms with E-state index in [0.29, 0.717) is 24.9 Å². The number of benzene rings is 2. The van der Waals surface area contributed by atoms with E-state index in [9.17, 15) is 12.8 Å². The maximum absolute atomic E-state index is 13.5. The maximum atomic E-state index is 13.5. The van der Waals surface area contributed by atoms with Crippen LogP contribution >= 0.6 is 0 Å². The quantitative estimate of drug-likeness (QED) is 0.500.